The molecule has 0 N–H and O–H groups in total. The van der Waals surface area contributed by atoms with E-state index in [9.17, 15) is 4.79 Å². The molecule has 0 amide bonds. The number of ether oxygens (including phenoxy) is 2. The number of hydrogen-bond donors (Lipinski definition) is 0. The minimum atomic E-state index is -0.0836. The first kappa shape index (κ1) is 24.1. The number of halogens is 2. The Kier molecular flexibility index (Phi) is 12.1. The SMILES string of the molecule is CC(COC(=O)CC[N+](C)(C)C)[N+]1(C)CCOCC1.[I-].[I-]. The summed E-state index contributed by atoms with van der Waals surface area (Å²) in [6.45, 7) is 7.07. The van der Waals surface area contributed by atoms with Crippen molar-refractivity contribution >= 4 is 5.97 Å². The normalized spacial score (nSPS) is 18.9. The van der Waals surface area contributed by atoms with E-state index in [1.165, 1.54) is 0 Å². The van der Waals surface area contributed by atoms with Crippen molar-refractivity contribution in [1.29, 1.82) is 0 Å². The van der Waals surface area contributed by atoms with Gasteiger partial charge in [0.05, 0.1) is 54.4 Å². The number of likely N-dealkylation sites (N-methyl/N-ethyl adjacent to an activating group) is 1. The molecule has 1 rings (SSSR count). The molecule has 0 aliphatic carbocycles. The first-order valence-electron chi connectivity index (χ1n) is 7.11. The van der Waals surface area contributed by atoms with Gasteiger partial charge in [-0.15, -0.1) is 0 Å². The Labute approximate surface area is 163 Å². The average Bonchev–Trinajstić information content (AvgIpc) is 2.33. The number of morpholine rings is 1. The number of hydrogen-bond acceptors (Lipinski definition) is 3. The molecule has 0 radical (unpaired) electrons. The molecule has 5 nitrogen and oxygen atoms in total. The lowest BCUT2D eigenvalue weighted by molar-refractivity contribution is -0.938. The summed E-state index contributed by atoms with van der Waals surface area (Å²) in [5.74, 6) is -0.0836. The van der Waals surface area contributed by atoms with Crippen molar-refractivity contribution in [3.05, 3.63) is 0 Å². The third-order valence-corrected chi connectivity index (χ3v) is 4.03. The lowest BCUT2D eigenvalue weighted by Gasteiger charge is -2.42. The predicted octanol–water partition coefficient (Wildman–Crippen LogP) is -5.50. The number of nitrogens with zero attached hydrogens (tertiary/aromatic N) is 2. The maximum atomic E-state index is 11.7. The van der Waals surface area contributed by atoms with Crippen LogP contribution in [0.15, 0.2) is 0 Å². The van der Waals surface area contributed by atoms with Crippen LogP contribution in [0.5, 0.6) is 0 Å². The van der Waals surface area contributed by atoms with Crippen molar-refractivity contribution in [1.82, 2.24) is 0 Å². The zero-order chi connectivity index (χ0) is 14.5. The summed E-state index contributed by atoms with van der Waals surface area (Å²) >= 11 is 0. The quantitative estimate of drug-likeness (QED) is 0.196. The highest BCUT2D eigenvalue weighted by molar-refractivity contribution is 5.69. The van der Waals surface area contributed by atoms with Gasteiger partial charge in [0.1, 0.15) is 25.7 Å². The second-order valence-electron chi connectivity index (χ2n) is 6.83. The molecule has 0 aromatic carbocycles. The molecule has 0 aromatic rings. The van der Waals surface area contributed by atoms with Gasteiger partial charge in [0.2, 0.25) is 0 Å². The smallest absolute Gasteiger partial charge is 0.311 e. The van der Waals surface area contributed by atoms with Crippen molar-refractivity contribution < 1.29 is 71.2 Å². The van der Waals surface area contributed by atoms with Gasteiger partial charge in [-0.05, 0) is 6.92 Å². The molecule has 0 spiro atoms. The zero-order valence-corrected chi connectivity index (χ0v) is 18.2. The number of carbonyl (C=O) groups excluding carboxylic acids is 1. The van der Waals surface area contributed by atoms with E-state index >= 15 is 0 Å². The molecule has 0 saturated carbocycles. The molecule has 0 bridgehead atoms. The fourth-order valence-corrected chi connectivity index (χ4v) is 2.09. The molecule has 1 atom stereocenters. The van der Waals surface area contributed by atoms with Crippen LogP contribution < -0.4 is 48.0 Å². The van der Waals surface area contributed by atoms with Crippen LogP contribution in [0.2, 0.25) is 0 Å². The third kappa shape index (κ3) is 9.52. The summed E-state index contributed by atoms with van der Waals surface area (Å²) in [6, 6.07) is 0.331. The maximum Gasteiger partial charge on any atom is 0.311 e. The molecule has 128 valence electrons. The third-order valence-electron chi connectivity index (χ3n) is 4.03. The molecule has 21 heavy (non-hydrogen) atoms. The van der Waals surface area contributed by atoms with Gasteiger partial charge in [-0.25, -0.2) is 0 Å². The second-order valence-corrected chi connectivity index (χ2v) is 6.83. The summed E-state index contributed by atoms with van der Waals surface area (Å²) in [7, 11) is 8.45. The highest BCUT2D eigenvalue weighted by Crippen LogP contribution is 2.14. The van der Waals surface area contributed by atoms with Gasteiger partial charge in [-0.3, -0.25) is 4.79 Å². The second kappa shape index (κ2) is 10.6. The van der Waals surface area contributed by atoms with Crippen LogP contribution in [0, 0.1) is 0 Å². The topological polar surface area (TPSA) is 35.5 Å². The van der Waals surface area contributed by atoms with E-state index in [2.05, 4.69) is 35.1 Å². The van der Waals surface area contributed by atoms with Crippen LogP contribution in [0.1, 0.15) is 13.3 Å². The van der Waals surface area contributed by atoms with Crippen molar-refractivity contribution in [2.45, 2.75) is 19.4 Å². The van der Waals surface area contributed by atoms with E-state index in [4.69, 9.17) is 9.47 Å². The molecule has 0 aromatic heterocycles. The van der Waals surface area contributed by atoms with E-state index in [0.29, 0.717) is 19.1 Å². The van der Waals surface area contributed by atoms with E-state index in [1.807, 2.05) is 0 Å². The minimum Gasteiger partial charge on any atom is -1.00 e. The number of carbonyl (C=O) groups is 1. The Morgan fingerprint density at radius 2 is 1.76 bits per heavy atom. The van der Waals surface area contributed by atoms with Crippen LogP contribution >= 0.6 is 0 Å². The Hall–Kier alpha value is 0.810. The monoisotopic (exact) mass is 528 g/mol. The largest absolute Gasteiger partial charge is 1.00 e. The van der Waals surface area contributed by atoms with Gasteiger partial charge >= 0.3 is 5.97 Å². The van der Waals surface area contributed by atoms with Gasteiger partial charge in [-0.1, -0.05) is 0 Å². The summed E-state index contributed by atoms with van der Waals surface area (Å²) < 4.78 is 12.5. The molecule has 1 saturated heterocycles. The van der Waals surface area contributed by atoms with Gasteiger partial charge in [0.15, 0.2) is 0 Å². The van der Waals surface area contributed by atoms with E-state index < -0.39 is 0 Å². The predicted molar refractivity (Wildman–Crippen MR) is 74.7 cm³/mol. The number of rotatable bonds is 6. The zero-order valence-electron chi connectivity index (χ0n) is 13.9. The van der Waals surface area contributed by atoms with Crippen LogP contribution in [0.4, 0.5) is 0 Å². The highest BCUT2D eigenvalue weighted by Gasteiger charge is 2.32. The fraction of sp³-hybridized carbons (Fsp3) is 0.929. The first-order valence-corrected chi connectivity index (χ1v) is 7.11. The molecule has 1 heterocycles. The Morgan fingerprint density at radius 1 is 1.24 bits per heavy atom. The van der Waals surface area contributed by atoms with E-state index in [0.717, 1.165) is 41.8 Å². The van der Waals surface area contributed by atoms with Gasteiger partial charge < -0.3 is 66.4 Å². The molecule has 1 fully saturated rings. The molecular formula is C14H30I2N2O3. The van der Waals surface area contributed by atoms with Crippen molar-refractivity contribution in [2.75, 3.05) is 67.6 Å². The molecule has 1 aliphatic heterocycles. The van der Waals surface area contributed by atoms with E-state index in [1.54, 1.807) is 0 Å². The average molecular weight is 528 g/mol. The van der Waals surface area contributed by atoms with Gasteiger partial charge in [0.25, 0.3) is 0 Å². The van der Waals surface area contributed by atoms with Crippen LogP contribution in [0.3, 0.4) is 0 Å². The molecule has 1 aliphatic rings. The van der Waals surface area contributed by atoms with Crippen molar-refractivity contribution in [3.8, 4) is 0 Å². The lowest BCUT2D eigenvalue weighted by Crippen LogP contribution is -3.00. The summed E-state index contributed by atoms with van der Waals surface area (Å²) in [5, 5.41) is 0. The molecule has 1 unspecified atom stereocenters. The minimum absolute atomic E-state index is 0. The van der Waals surface area contributed by atoms with Crippen LogP contribution in [-0.2, 0) is 14.3 Å². The fourth-order valence-electron chi connectivity index (χ4n) is 2.09. The summed E-state index contributed by atoms with van der Waals surface area (Å²) in [6.07, 6.45) is 0.489. The Morgan fingerprint density at radius 3 is 2.24 bits per heavy atom. The summed E-state index contributed by atoms with van der Waals surface area (Å²) in [5.41, 5.74) is 0. The standard InChI is InChI=1S/C14H30N2O3.2HI/c1-13(16(5)8-10-18-11-9-16)12-19-14(17)6-7-15(2,3)4;;/h13H,6-12H2,1-5H3;2*1H/q+2;;/p-2. The highest BCUT2D eigenvalue weighted by atomic mass is 127. The van der Waals surface area contributed by atoms with Gasteiger partial charge in [0, 0.05) is 0 Å². The Bertz CT molecular complexity index is 303. The number of quaternary nitrogens is 2. The first-order chi connectivity index (χ1) is 8.73. The van der Waals surface area contributed by atoms with Crippen molar-refractivity contribution in [2.24, 2.45) is 0 Å². The molecular weight excluding hydrogens is 498 g/mol. The summed E-state index contributed by atoms with van der Waals surface area (Å²) in [4.78, 5) is 11.7. The molecule has 7 heteroatoms. The Balaban J connectivity index is 0. The van der Waals surface area contributed by atoms with Crippen LogP contribution in [-0.4, -0.2) is 88.6 Å². The number of esters is 1. The maximum absolute atomic E-state index is 11.7. The van der Waals surface area contributed by atoms with Crippen LogP contribution in [0.25, 0.3) is 0 Å². The van der Waals surface area contributed by atoms with Crippen molar-refractivity contribution in [3.63, 3.8) is 0 Å². The lowest BCUT2D eigenvalue weighted by atomic mass is 10.2. The van der Waals surface area contributed by atoms with Gasteiger partial charge in [-0.2, -0.15) is 0 Å². The van der Waals surface area contributed by atoms with E-state index in [-0.39, 0.29) is 53.9 Å².